The molecule has 0 bridgehead atoms. The van der Waals surface area contributed by atoms with Crippen LogP contribution in [0.4, 0.5) is 5.69 Å². The predicted octanol–water partition coefficient (Wildman–Crippen LogP) is 4.23. The lowest BCUT2D eigenvalue weighted by molar-refractivity contribution is 0.0936. The summed E-state index contributed by atoms with van der Waals surface area (Å²) in [4.78, 5) is 24.7. The van der Waals surface area contributed by atoms with Crippen molar-refractivity contribution in [3.8, 4) is 0 Å². The van der Waals surface area contributed by atoms with Crippen LogP contribution in [0.1, 0.15) is 57.5 Å². The molecule has 2 aromatic carbocycles. The summed E-state index contributed by atoms with van der Waals surface area (Å²) < 4.78 is 0. The molecule has 3 rings (SSSR count). The second-order valence-corrected chi connectivity index (χ2v) is 6.80. The number of aryl methyl sites for hydroxylation is 2. The standard InChI is InChI=1S/C21H24N2O2/c1-14-7-8-15(2)19(13-14)23-21(25)17-11-9-16(10-12-17)20(24)22-18-5-3-4-6-18/h7-13,18H,3-6H2,1-2H3,(H,22,24)(H,23,25). The van der Waals surface area contributed by atoms with Gasteiger partial charge < -0.3 is 10.6 Å². The molecular weight excluding hydrogens is 312 g/mol. The Balaban J connectivity index is 1.65. The molecule has 0 spiro atoms. The highest BCUT2D eigenvalue weighted by molar-refractivity contribution is 6.05. The predicted molar refractivity (Wildman–Crippen MR) is 100 cm³/mol. The molecule has 0 unspecified atom stereocenters. The molecule has 1 fully saturated rings. The summed E-state index contributed by atoms with van der Waals surface area (Å²) in [7, 11) is 0. The Morgan fingerprint density at radius 2 is 1.48 bits per heavy atom. The van der Waals surface area contributed by atoms with Crippen LogP contribution in [0.15, 0.2) is 42.5 Å². The number of carbonyl (C=O) groups excluding carboxylic acids is 2. The average molecular weight is 336 g/mol. The van der Waals surface area contributed by atoms with Crippen LogP contribution in [-0.2, 0) is 0 Å². The normalized spacial score (nSPS) is 14.3. The first-order valence-corrected chi connectivity index (χ1v) is 8.82. The van der Waals surface area contributed by atoms with Crippen LogP contribution in [0.3, 0.4) is 0 Å². The largest absolute Gasteiger partial charge is 0.349 e. The Labute approximate surface area is 148 Å². The number of hydrogen-bond acceptors (Lipinski definition) is 2. The third-order valence-corrected chi connectivity index (χ3v) is 4.74. The summed E-state index contributed by atoms with van der Waals surface area (Å²) in [5.41, 5.74) is 4.06. The summed E-state index contributed by atoms with van der Waals surface area (Å²) in [5, 5.41) is 5.99. The molecule has 1 aliphatic carbocycles. The highest BCUT2D eigenvalue weighted by Crippen LogP contribution is 2.19. The smallest absolute Gasteiger partial charge is 0.255 e. The third-order valence-electron chi connectivity index (χ3n) is 4.74. The first-order valence-electron chi connectivity index (χ1n) is 8.82. The second-order valence-electron chi connectivity index (χ2n) is 6.80. The van der Waals surface area contributed by atoms with Gasteiger partial charge in [0.2, 0.25) is 0 Å². The van der Waals surface area contributed by atoms with Crippen molar-refractivity contribution >= 4 is 17.5 Å². The molecule has 4 nitrogen and oxygen atoms in total. The van der Waals surface area contributed by atoms with Crippen LogP contribution in [0.2, 0.25) is 0 Å². The molecule has 2 amide bonds. The number of rotatable bonds is 4. The van der Waals surface area contributed by atoms with E-state index in [2.05, 4.69) is 10.6 Å². The van der Waals surface area contributed by atoms with Gasteiger partial charge in [0.05, 0.1) is 0 Å². The average Bonchev–Trinajstić information content (AvgIpc) is 3.11. The van der Waals surface area contributed by atoms with Gasteiger partial charge in [0.15, 0.2) is 0 Å². The van der Waals surface area contributed by atoms with Crippen molar-refractivity contribution < 1.29 is 9.59 Å². The van der Waals surface area contributed by atoms with Crippen LogP contribution in [0.5, 0.6) is 0 Å². The van der Waals surface area contributed by atoms with Crippen molar-refractivity contribution in [1.82, 2.24) is 5.32 Å². The molecular formula is C21H24N2O2. The van der Waals surface area contributed by atoms with E-state index in [-0.39, 0.29) is 11.8 Å². The zero-order valence-corrected chi connectivity index (χ0v) is 14.8. The SMILES string of the molecule is Cc1ccc(C)c(NC(=O)c2ccc(C(=O)NC3CCCC3)cc2)c1. The molecule has 1 aliphatic rings. The van der Waals surface area contributed by atoms with Crippen molar-refractivity contribution in [2.45, 2.75) is 45.6 Å². The number of amides is 2. The minimum absolute atomic E-state index is 0.0617. The lowest BCUT2D eigenvalue weighted by Gasteiger charge is -2.12. The highest BCUT2D eigenvalue weighted by atomic mass is 16.2. The van der Waals surface area contributed by atoms with E-state index in [0.717, 1.165) is 29.7 Å². The maximum absolute atomic E-state index is 12.4. The Kier molecular flexibility index (Phi) is 5.17. The number of nitrogens with one attached hydrogen (secondary N) is 2. The van der Waals surface area contributed by atoms with Crippen LogP contribution >= 0.6 is 0 Å². The fourth-order valence-electron chi connectivity index (χ4n) is 3.18. The number of benzene rings is 2. The monoisotopic (exact) mass is 336 g/mol. The van der Waals surface area contributed by atoms with Gasteiger partial charge in [-0.1, -0.05) is 25.0 Å². The molecule has 0 aromatic heterocycles. The summed E-state index contributed by atoms with van der Waals surface area (Å²) in [6, 6.07) is 13.1. The number of hydrogen-bond donors (Lipinski definition) is 2. The molecule has 2 N–H and O–H groups in total. The molecule has 25 heavy (non-hydrogen) atoms. The quantitative estimate of drug-likeness (QED) is 0.878. The van der Waals surface area contributed by atoms with E-state index in [0.29, 0.717) is 17.2 Å². The fraction of sp³-hybridized carbons (Fsp3) is 0.333. The first kappa shape index (κ1) is 17.2. The number of anilines is 1. The van der Waals surface area contributed by atoms with Gasteiger partial charge in [0, 0.05) is 22.9 Å². The maximum Gasteiger partial charge on any atom is 0.255 e. The fourth-order valence-corrected chi connectivity index (χ4v) is 3.18. The Bertz CT molecular complexity index is 775. The molecule has 1 saturated carbocycles. The number of carbonyl (C=O) groups is 2. The van der Waals surface area contributed by atoms with Crippen molar-refractivity contribution in [1.29, 1.82) is 0 Å². The minimum atomic E-state index is -0.170. The Hall–Kier alpha value is -2.62. The van der Waals surface area contributed by atoms with Crippen molar-refractivity contribution in [2.75, 3.05) is 5.32 Å². The van der Waals surface area contributed by atoms with Crippen LogP contribution in [0.25, 0.3) is 0 Å². The van der Waals surface area contributed by atoms with Crippen LogP contribution in [-0.4, -0.2) is 17.9 Å². The van der Waals surface area contributed by atoms with Gasteiger partial charge >= 0.3 is 0 Å². The van der Waals surface area contributed by atoms with E-state index in [4.69, 9.17) is 0 Å². The van der Waals surface area contributed by atoms with Gasteiger partial charge in [-0.3, -0.25) is 9.59 Å². The van der Waals surface area contributed by atoms with Gasteiger partial charge in [-0.15, -0.1) is 0 Å². The molecule has 0 heterocycles. The third kappa shape index (κ3) is 4.27. The molecule has 130 valence electrons. The lowest BCUT2D eigenvalue weighted by Crippen LogP contribution is -2.32. The van der Waals surface area contributed by atoms with Crippen LogP contribution in [0, 0.1) is 13.8 Å². The zero-order chi connectivity index (χ0) is 17.8. The van der Waals surface area contributed by atoms with Gasteiger partial charge in [-0.25, -0.2) is 0 Å². The molecule has 0 radical (unpaired) electrons. The lowest BCUT2D eigenvalue weighted by atomic mass is 10.1. The van der Waals surface area contributed by atoms with Gasteiger partial charge in [0.1, 0.15) is 0 Å². The molecule has 0 aliphatic heterocycles. The van der Waals surface area contributed by atoms with Gasteiger partial charge in [-0.2, -0.15) is 0 Å². The van der Waals surface area contributed by atoms with Gasteiger partial charge in [-0.05, 0) is 68.1 Å². The van der Waals surface area contributed by atoms with Crippen molar-refractivity contribution in [3.05, 3.63) is 64.7 Å². The second kappa shape index (κ2) is 7.51. The molecule has 2 aromatic rings. The highest BCUT2D eigenvalue weighted by Gasteiger charge is 2.18. The van der Waals surface area contributed by atoms with Gasteiger partial charge in [0.25, 0.3) is 11.8 Å². The van der Waals surface area contributed by atoms with Crippen LogP contribution < -0.4 is 10.6 Å². The van der Waals surface area contributed by atoms with E-state index in [1.807, 2.05) is 32.0 Å². The maximum atomic E-state index is 12.4. The summed E-state index contributed by atoms with van der Waals surface area (Å²) in [5.74, 6) is -0.232. The summed E-state index contributed by atoms with van der Waals surface area (Å²) in [6.45, 7) is 3.96. The Morgan fingerprint density at radius 3 is 2.12 bits per heavy atom. The van der Waals surface area contributed by atoms with Crippen molar-refractivity contribution in [2.24, 2.45) is 0 Å². The summed E-state index contributed by atoms with van der Waals surface area (Å²) in [6.07, 6.45) is 4.48. The molecule has 0 saturated heterocycles. The van der Waals surface area contributed by atoms with E-state index in [9.17, 15) is 9.59 Å². The Morgan fingerprint density at radius 1 is 0.880 bits per heavy atom. The van der Waals surface area contributed by atoms with E-state index < -0.39 is 0 Å². The zero-order valence-electron chi connectivity index (χ0n) is 14.8. The van der Waals surface area contributed by atoms with E-state index >= 15 is 0 Å². The van der Waals surface area contributed by atoms with Crippen molar-refractivity contribution in [3.63, 3.8) is 0 Å². The first-order chi connectivity index (χ1) is 12.0. The van der Waals surface area contributed by atoms with E-state index in [1.54, 1.807) is 24.3 Å². The molecule has 0 atom stereocenters. The topological polar surface area (TPSA) is 58.2 Å². The minimum Gasteiger partial charge on any atom is -0.349 e. The summed E-state index contributed by atoms with van der Waals surface area (Å²) >= 11 is 0. The van der Waals surface area contributed by atoms with E-state index in [1.165, 1.54) is 12.8 Å². The molecule has 4 heteroatoms.